The number of aldehydes is 1. The maximum absolute atomic E-state index is 11.4. The fraction of sp³-hybridized carbons (Fsp3) is 0.500. The van der Waals surface area contributed by atoms with Gasteiger partial charge in [0, 0.05) is 12.3 Å². The van der Waals surface area contributed by atoms with Crippen LogP contribution < -0.4 is 0 Å². The van der Waals surface area contributed by atoms with Gasteiger partial charge in [-0.1, -0.05) is 0 Å². The van der Waals surface area contributed by atoms with Gasteiger partial charge in [-0.3, -0.25) is 9.48 Å². The van der Waals surface area contributed by atoms with E-state index in [1.165, 1.54) is 10.9 Å². The highest BCUT2D eigenvalue weighted by Gasteiger charge is 2.21. The van der Waals surface area contributed by atoms with Crippen molar-refractivity contribution in [2.45, 2.75) is 24.9 Å². The van der Waals surface area contributed by atoms with Gasteiger partial charge in [0.1, 0.15) is 0 Å². The molecule has 0 radical (unpaired) electrons. The number of aromatic nitrogens is 2. The Morgan fingerprint density at radius 1 is 1.50 bits per heavy atom. The Balaban J connectivity index is 3.50. The first-order valence-corrected chi connectivity index (χ1v) is 5.99. The maximum Gasteiger partial charge on any atom is 0.193 e. The van der Waals surface area contributed by atoms with Crippen LogP contribution in [-0.2, 0) is 9.84 Å². The number of rotatable bonds is 3. The van der Waals surface area contributed by atoms with Crippen LogP contribution in [0.2, 0.25) is 0 Å². The van der Waals surface area contributed by atoms with Crippen molar-refractivity contribution in [1.82, 2.24) is 9.78 Å². The molecule has 0 N–H and O–H groups in total. The molecule has 1 aromatic rings. The van der Waals surface area contributed by atoms with Crippen LogP contribution in [0.3, 0.4) is 0 Å². The lowest BCUT2D eigenvalue weighted by Crippen LogP contribution is -2.12. The summed E-state index contributed by atoms with van der Waals surface area (Å²) < 4.78 is 24.1. The van der Waals surface area contributed by atoms with E-state index in [-0.39, 0.29) is 16.6 Å². The van der Waals surface area contributed by atoms with Crippen molar-refractivity contribution in [2.75, 3.05) is 6.26 Å². The Morgan fingerprint density at radius 2 is 2.07 bits per heavy atom. The zero-order valence-electron chi connectivity index (χ0n) is 8.26. The van der Waals surface area contributed by atoms with Gasteiger partial charge in [-0.05, 0) is 13.8 Å². The standard InChI is InChI=1S/C8H12N2O3S/c1-6(2)10-8(14(3,12)13)7(5-11)4-9-10/h4-6H,1-3H3. The van der Waals surface area contributed by atoms with Crippen molar-refractivity contribution in [3.05, 3.63) is 11.8 Å². The summed E-state index contributed by atoms with van der Waals surface area (Å²) in [5.74, 6) is 0. The van der Waals surface area contributed by atoms with Crippen molar-refractivity contribution in [2.24, 2.45) is 0 Å². The summed E-state index contributed by atoms with van der Waals surface area (Å²) in [6.07, 6.45) is 2.83. The summed E-state index contributed by atoms with van der Waals surface area (Å²) in [5, 5.41) is 3.85. The number of nitrogens with zero attached hydrogens (tertiary/aromatic N) is 2. The highest BCUT2D eigenvalue weighted by molar-refractivity contribution is 7.90. The number of hydrogen-bond acceptors (Lipinski definition) is 4. The summed E-state index contributed by atoms with van der Waals surface area (Å²) in [4.78, 5) is 10.6. The Labute approximate surface area is 82.7 Å². The zero-order chi connectivity index (χ0) is 10.9. The average Bonchev–Trinajstić information content (AvgIpc) is 2.45. The molecule has 0 saturated heterocycles. The molecule has 14 heavy (non-hydrogen) atoms. The molecule has 0 bridgehead atoms. The number of carbonyl (C=O) groups excluding carboxylic acids is 1. The molecule has 1 aromatic heterocycles. The molecular weight excluding hydrogens is 204 g/mol. The third-order valence-electron chi connectivity index (χ3n) is 1.74. The van der Waals surface area contributed by atoms with Gasteiger partial charge in [0.05, 0.1) is 11.8 Å². The molecule has 0 aliphatic carbocycles. The van der Waals surface area contributed by atoms with E-state index in [0.29, 0.717) is 6.29 Å². The summed E-state index contributed by atoms with van der Waals surface area (Å²) in [5.41, 5.74) is 0.112. The third-order valence-corrected chi connectivity index (χ3v) is 2.87. The Hall–Kier alpha value is -1.17. The minimum absolute atomic E-state index is 0.0116. The lowest BCUT2D eigenvalue weighted by Gasteiger charge is -2.09. The van der Waals surface area contributed by atoms with E-state index in [2.05, 4.69) is 5.10 Å². The van der Waals surface area contributed by atoms with Gasteiger partial charge < -0.3 is 0 Å². The minimum Gasteiger partial charge on any atom is -0.298 e. The summed E-state index contributed by atoms with van der Waals surface area (Å²) in [6, 6.07) is -0.0894. The van der Waals surface area contributed by atoms with Gasteiger partial charge >= 0.3 is 0 Å². The van der Waals surface area contributed by atoms with Crippen LogP contribution in [0.4, 0.5) is 0 Å². The topological polar surface area (TPSA) is 69.0 Å². The molecule has 0 aromatic carbocycles. The number of sulfone groups is 1. The van der Waals surface area contributed by atoms with Crippen molar-refractivity contribution in [3.63, 3.8) is 0 Å². The molecular formula is C8H12N2O3S. The molecule has 0 aliphatic rings. The van der Waals surface area contributed by atoms with Crippen molar-refractivity contribution >= 4 is 16.1 Å². The number of hydrogen-bond donors (Lipinski definition) is 0. The Morgan fingerprint density at radius 3 is 2.43 bits per heavy atom. The lowest BCUT2D eigenvalue weighted by atomic mass is 10.4. The second-order valence-electron chi connectivity index (χ2n) is 3.33. The third kappa shape index (κ3) is 1.84. The predicted octanol–water partition coefficient (Wildman–Crippen LogP) is 0.680. The summed E-state index contributed by atoms with van der Waals surface area (Å²) >= 11 is 0. The van der Waals surface area contributed by atoms with Crippen LogP contribution >= 0.6 is 0 Å². The van der Waals surface area contributed by atoms with E-state index in [9.17, 15) is 13.2 Å². The number of carbonyl (C=O) groups is 1. The SMILES string of the molecule is CC(C)n1ncc(C=O)c1S(C)(=O)=O. The molecule has 0 amide bonds. The quantitative estimate of drug-likeness (QED) is 0.697. The van der Waals surface area contributed by atoms with E-state index in [1.54, 1.807) is 13.8 Å². The predicted molar refractivity (Wildman–Crippen MR) is 51.1 cm³/mol. The maximum atomic E-state index is 11.4. The molecule has 0 aliphatic heterocycles. The second-order valence-corrected chi connectivity index (χ2v) is 5.26. The lowest BCUT2D eigenvalue weighted by molar-refractivity contribution is 0.112. The monoisotopic (exact) mass is 216 g/mol. The summed E-state index contributed by atoms with van der Waals surface area (Å²) in [6.45, 7) is 3.60. The molecule has 0 atom stereocenters. The molecule has 0 unspecified atom stereocenters. The first-order valence-electron chi connectivity index (χ1n) is 4.10. The van der Waals surface area contributed by atoms with Gasteiger partial charge in [0.2, 0.25) is 0 Å². The van der Waals surface area contributed by atoms with Gasteiger partial charge in [-0.2, -0.15) is 5.10 Å². The highest BCUT2D eigenvalue weighted by atomic mass is 32.2. The molecule has 1 heterocycles. The van der Waals surface area contributed by atoms with E-state index < -0.39 is 9.84 Å². The molecule has 78 valence electrons. The van der Waals surface area contributed by atoms with E-state index in [1.807, 2.05) is 0 Å². The molecule has 6 heteroatoms. The molecule has 5 nitrogen and oxygen atoms in total. The largest absolute Gasteiger partial charge is 0.298 e. The van der Waals surface area contributed by atoms with Crippen LogP contribution in [-0.4, -0.2) is 30.7 Å². The van der Waals surface area contributed by atoms with Crippen LogP contribution in [0, 0.1) is 0 Å². The van der Waals surface area contributed by atoms with Crippen molar-refractivity contribution in [3.8, 4) is 0 Å². The van der Waals surface area contributed by atoms with Gasteiger partial charge in [-0.25, -0.2) is 8.42 Å². The Bertz CT molecular complexity index is 445. The first-order chi connectivity index (χ1) is 6.38. The van der Waals surface area contributed by atoms with Gasteiger partial charge in [0.25, 0.3) is 0 Å². The van der Waals surface area contributed by atoms with Gasteiger partial charge in [-0.15, -0.1) is 0 Å². The zero-order valence-corrected chi connectivity index (χ0v) is 9.08. The van der Waals surface area contributed by atoms with E-state index in [4.69, 9.17) is 0 Å². The van der Waals surface area contributed by atoms with Gasteiger partial charge in [0.15, 0.2) is 21.1 Å². The summed E-state index contributed by atoms with van der Waals surface area (Å²) in [7, 11) is -3.41. The van der Waals surface area contributed by atoms with E-state index in [0.717, 1.165) is 6.26 Å². The minimum atomic E-state index is -3.41. The van der Waals surface area contributed by atoms with Crippen LogP contribution in [0.15, 0.2) is 11.2 Å². The van der Waals surface area contributed by atoms with E-state index >= 15 is 0 Å². The first kappa shape index (κ1) is 10.9. The van der Waals surface area contributed by atoms with Crippen LogP contribution in [0.25, 0.3) is 0 Å². The molecule has 0 spiro atoms. The van der Waals surface area contributed by atoms with Crippen molar-refractivity contribution < 1.29 is 13.2 Å². The average molecular weight is 216 g/mol. The van der Waals surface area contributed by atoms with Crippen LogP contribution in [0.1, 0.15) is 30.2 Å². The second kappa shape index (κ2) is 3.53. The molecule has 0 saturated carbocycles. The van der Waals surface area contributed by atoms with Crippen LogP contribution in [0.5, 0.6) is 0 Å². The smallest absolute Gasteiger partial charge is 0.193 e. The van der Waals surface area contributed by atoms with Crippen molar-refractivity contribution in [1.29, 1.82) is 0 Å². The highest BCUT2D eigenvalue weighted by Crippen LogP contribution is 2.17. The molecule has 0 fully saturated rings. The fourth-order valence-corrected chi connectivity index (χ4v) is 2.32. The fourth-order valence-electron chi connectivity index (χ4n) is 1.20. The molecule has 1 rings (SSSR count). The Kier molecular flexibility index (Phi) is 2.75. The normalized spacial score (nSPS) is 12.0.